The maximum atomic E-state index is 11.3. The second-order valence-corrected chi connectivity index (χ2v) is 16.4. The van der Waals surface area contributed by atoms with Crippen LogP contribution in [0.3, 0.4) is 0 Å². The Morgan fingerprint density at radius 3 is 0.700 bits per heavy atom. The zero-order valence-corrected chi connectivity index (χ0v) is 35.1. The van der Waals surface area contributed by atoms with Crippen LogP contribution in [-0.4, -0.2) is 20.4 Å². The largest absolute Gasteiger partial charge is 0.506 e. The van der Waals surface area contributed by atoms with Crippen LogP contribution >= 0.6 is 46.4 Å². The molecule has 60 heavy (non-hydrogen) atoms. The molecule has 0 fully saturated rings. The molecule has 0 aliphatic rings. The van der Waals surface area contributed by atoms with E-state index in [9.17, 15) is 20.4 Å². The number of aromatic hydroxyl groups is 4. The summed E-state index contributed by atoms with van der Waals surface area (Å²) >= 11 is 27.4. The summed E-state index contributed by atoms with van der Waals surface area (Å²) in [6, 6.07) is 53.2. The van der Waals surface area contributed by atoms with Gasteiger partial charge in [0.15, 0.2) is 0 Å². The van der Waals surface area contributed by atoms with E-state index >= 15 is 0 Å². The third kappa shape index (κ3) is 8.43. The highest BCUT2D eigenvalue weighted by molar-refractivity contribution is 6.33. The number of phenols is 4. The average Bonchev–Trinajstić information content (AvgIpc) is 3.27. The highest BCUT2D eigenvalue weighted by Gasteiger charge is 2.27. The van der Waals surface area contributed by atoms with Gasteiger partial charge in [-0.3, -0.25) is 0 Å². The first-order valence-corrected chi connectivity index (χ1v) is 20.9. The third-order valence-electron chi connectivity index (χ3n) is 11.0. The van der Waals surface area contributed by atoms with E-state index in [0.717, 1.165) is 44.5 Å². The zero-order chi connectivity index (χ0) is 41.9. The minimum Gasteiger partial charge on any atom is -0.506 e. The maximum Gasteiger partial charge on any atom is 0.142 e. The van der Waals surface area contributed by atoms with Gasteiger partial charge in [0.2, 0.25) is 0 Å². The first kappa shape index (κ1) is 40.9. The van der Waals surface area contributed by atoms with E-state index < -0.39 is 0 Å². The minimum atomic E-state index is -0.379. The summed E-state index contributed by atoms with van der Waals surface area (Å²) in [7, 11) is 0. The van der Waals surface area contributed by atoms with Crippen molar-refractivity contribution in [1.82, 2.24) is 0 Å². The predicted octanol–water partition coefficient (Wildman–Crippen LogP) is 15.5. The summed E-state index contributed by atoms with van der Waals surface area (Å²) in [4.78, 5) is 0. The van der Waals surface area contributed by atoms with E-state index in [2.05, 4.69) is 0 Å². The van der Waals surface area contributed by atoms with Crippen molar-refractivity contribution >= 4 is 46.4 Å². The fraction of sp³-hybridized carbons (Fsp3) is 0.0769. The molecule has 4 nitrogen and oxygen atoms in total. The second kappa shape index (κ2) is 17.8. The van der Waals surface area contributed by atoms with Gasteiger partial charge in [0.05, 0.1) is 20.1 Å². The van der Waals surface area contributed by atoms with Gasteiger partial charge in [0.25, 0.3) is 0 Å². The second-order valence-electron chi connectivity index (χ2n) is 14.7. The molecular formula is C52H38Cl4O4. The van der Waals surface area contributed by atoms with Crippen LogP contribution in [0.2, 0.25) is 20.1 Å². The van der Waals surface area contributed by atoms with E-state index in [1.807, 2.05) is 146 Å². The summed E-state index contributed by atoms with van der Waals surface area (Å²) in [6.07, 6.45) is 0.987. The summed E-state index contributed by atoms with van der Waals surface area (Å²) in [5.41, 5.74) is 8.74. The number of halogens is 4. The lowest BCUT2D eigenvalue weighted by atomic mass is 9.79. The highest BCUT2D eigenvalue weighted by Crippen LogP contribution is 2.48. The zero-order valence-electron chi connectivity index (χ0n) is 32.0. The molecule has 0 heterocycles. The molecule has 8 rings (SSSR count). The molecule has 0 aromatic heterocycles. The lowest BCUT2D eigenvalue weighted by Gasteiger charge is -2.26. The van der Waals surface area contributed by atoms with E-state index in [-0.39, 0.29) is 54.9 Å². The monoisotopic (exact) mass is 866 g/mol. The summed E-state index contributed by atoms with van der Waals surface area (Å²) < 4.78 is 0. The average molecular weight is 869 g/mol. The first-order valence-electron chi connectivity index (χ1n) is 19.4. The first-order chi connectivity index (χ1) is 29.1. The fourth-order valence-corrected chi connectivity index (χ4v) is 8.93. The van der Waals surface area contributed by atoms with Gasteiger partial charge in [-0.1, -0.05) is 168 Å². The minimum absolute atomic E-state index is 0.0312. The van der Waals surface area contributed by atoms with Gasteiger partial charge in [-0.25, -0.2) is 0 Å². The van der Waals surface area contributed by atoms with Gasteiger partial charge in [0, 0.05) is 34.1 Å². The molecule has 4 N–H and O–H groups in total. The molecule has 0 saturated carbocycles. The number of hydrogen-bond donors (Lipinski definition) is 4. The molecule has 8 aromatic rings. The molecule has 0 radical (unpaired) electrons. The van der Waals surface area contributed by atoms with Gasteiger partial charge in [-0.05, 0) is 106 Å². The Morgan fingerprint density at radius 2 is 0.500 bits per heavy atom. The van der Waals surface area contributed by atoms with Crippen molar-refractivity contribution in [3.63, 3.8) is 0 Å². The predicted molar refractivity (Wildman–Crippen MR) is 247 cm³/mol. The molecule has 0 saturated heterocycles. The van der Waals surface area contributed by atoms with E-state index in [1.165, 1.54) is 0 Å². The van der Waals surface area contributed by atoms with Crippen LogP contribution in [0.15, 0.2) is 170 Å². The lowest BCUT2D eigenvalue weighted by molar-refractivity contribution is 0.475. The van der Waals surface area contributed by atoms with E-state index in [4.69, 9.17) is 46.4 Å². The standard InChI is InChI=1S/C52H38Cl4O4/c53-45-27-35(23-41(49(45)57)31-13-5-1-6-14-31)39(36-24-42(50(58)46(54)28-36)32-15-7-2-8-16-32)21-22-40(37-25-43(51(59)47(55)29-37)33-17-9-3-10-18-33)38-26-44(52(60)48(56)30-38)34-19-11-4-12-20-34/h1-20,23-30,39-40,57-60H,21-22H2. The molecule has 0 bridgehead atoms. The van der Waals surface area contributed by atoms with Crippen LogP contribution in [0.5, 0.6) is 23.0 Å². The molecule has 8 aromatic carbocycles. The Balaban J connectivity index is 1.32. The number of hydrogen-bond acceptors (Lipinski definition) is 4. The van der Waals surface area contributed by atoms with Gasteiger partial charge >= 0.3 is 0 Å². The molecular weight excluding hydrogens is 830 g/mol. The Kier molecular flexibility index (Phi) is 12.1. The van der Waals surface area contributed by atoms with E-state index in [1.54, 1.807) is 24.3 Å². The molecule has 0 unspecified atom stereocenters. The summed E-state index contributed by atoms with van der Waals surface area (Å²) in [5, 5.41) is 46.0. The topological polar surface area (TPSA) is 80.9 Å². The van der Waals surface area contributed by atoms with Gasteiger partial charge in [-0.2, -0.15) is 0 Å². The van der Waals surface area contributed by atoms with Crippen LogP contribution in [0.25, 0.3) is 44.5 Å². The highest BCUT2D eigenvalue weighted by atomic mass is 35.5. The van der Waals surface area contributed by atoms with Gasteiger partial charge in [0.1, 0.15) is 23.0 Å². The Bertz CT molecular complexity index is 2410. The van der Waals surface area contributed by atoms with Crippen LogP contribution in [0, 0.1) is 0 Å². The molecule has 0 aliphatic heterocycles. The van der Waals surface area contributed by atoms with Crippen LogP contribution in [0.4, 0.5) is 0 Å². The molecule has 0 aliphatic carbocycles. The fourth-order valence-electron chi connectivity index (χ4n) is 8.02. The van der Waals surface area contributed by atoms with Crippen LogP contribution in [0.1, 0.15) is 46.9 Å². The normalized spacial score (nSPS) is 11.4. The van der Waals surface area contributed by atoms with Crippen LogP contribution < -0.4 is 0 Å². The van der Waals surface area contributed by atoms with Crippen molar-refractivity contribution in [3.8, 4) is 67.5 Å². The molecule has 0 atom stereocenters. The SMILES string of the molecule is Oc1c(Cl)cc(C(CCC(c2cc(Cl)c(O)c(-c3ccccc3)c2)c2cc(Cl)c(O)c(-c3ccccc3)c2)c2cc(Cl)c(O)c(-c3ccccc3)c2)cc1-c1ccccc1. The lowest BCUT2D eigenvalue weighted by Crippen LogP contribution is -2.09. The molecule has 0 amide bonds. The molecule has 298 valence electrons. The van der Waals surface area contributed by atoms with E-state index in [0.29, 0.717) is 35.1 Å². The summed E-state index contributed by atoms with van der Waals surface area (Å²) in [6.45, 7) is 0. The number of rotatable bonds is 11. The maximum absolute atomic E-state index is 11.3. The molecule has 8 heteroatoms. The van der Waals surface area contributed by atoms with Crippen LogP contribution in [-0.2, 0) is 0 Å². The van der Waals surface area contributed by atoms with Crippen molar-refractivity contribution in [1.29, 1.82) is 0 Å². The number of benzene rings is 8. The Morgan fingerprint density at radius 1 is 0.300 bits per heavy atom. The van der Waals surface area contributed by atoms with Crippen molar-refractivity contribution in [3.05, 3.63) is 212 Å². The Hall–Kier alpha value is -5.88. The quantitative estimate of drug-likeness (QED) is 0.104. The van der Waals surface area contributed by atoms with Gasteiger partial charge < -0.3 is 20.4 Å². The number of phenolic OH excluding ortho intramolecular Hbond substituents is 4. The van der Waals surface area contributed by atoms with Crippen molar-refractivity contribution in [2.45, 2.75) is 24.7 Å². The van der Waals surface area contributed by atoms with Crippen molar-refractivity contribution in [2.75, 3.05) is 0 Å². The third-order valence-corrected chi connectivity index (χ3v) is 12.2. The molecule has 0 spiro atoms. The van der Waals surface area contributed by atoms with Crippen molar-refractivity contribution < 1.29 is 20.4 Å². The summed E-state index contributed by atoms with van der Waals surface area (Å²) in [5.74, 6) is -0.882. The van der Waals surface area contributed by atoms with Gasteiger partial charge in [-0.15, -0.1) is 0 Å². The Labute approximate surface area is 369 Å². The van der Waals surface area contributed by atoms with Crippen molar-refractivity contribution in [2.24, 2.45) is 0 Å². The smallest absolute Gasteiger partial charge is 0.142 e.